The fraction of sp³-hybridized carbons (Fsp3) is 0.310. The summed E-state index contributed by atoms with van der Waals surface area (Å²) in [6.45, 7) is 4.87. The largest absolute Gasteiger partial charge is 0.495 e. The molecule has 0 aromatic heterocycles. The molecule has 0 aliphatic heterocycles. The molecule has 0 aliphatic carbocycles. The zero-order chi connectivity index (χ0) is 29.4. The van der Waals surface area contributed by atoms with Crippen molar-refractivity contribution in [1.82, 2.24) is 10.2 Å². The maximum absolute atomic E-state index is 14.0. The molecular formula is C29H33Cl2N3O5S. The number of anilines is 1. The number of ether oxygens (including phenoxy) is 1. The van der Waals surface area contributed by atoms with Crippen molar-refractivity contribution in [1.29, 1.82) is 0 Å². The quantitative estimate of drug-likeness (QED) is 0.293. The normalized spacial score (nSPS) is 12.8. The number of hydrogen-bond acceptors (Lipinski definition) is 5. The molecule has 3 aromatic rings. The summed E-state index contributed by atoms with van der Waals surface area (Å²) in [5.41, 5.74) is 0.814. The van der Waals surface area contributed by atoms with Gasteiger partial charge in [-0.1, -0.05) is 60.5 Å². The fourth-order valence-electron chi connectivity index (χ4n) is 3.93. The molecule has 2 amide bonds. The number of rotatable bonds is 12. The summed E-state index contributed by atoms with van der Waals surface area (Å²) in [5, 5.41) is 3.69. The third-order valence-corrected chi connectivity index (χ3v) is 8.72. The van der Waals surface area contributed by atoms with Crippen LogP contribution < -0.4 is 14.4 Å². The number of nitrogens with zero attached hydrogens (tertiary/aromatic N) is 2. The van der Waals surface area contributed by atoms with Gasteiger partial charge in [-0.05, 0) is 68.3 Å². The van der Waals surface area contributed by atoms with Crippen LogP contribution in [0.5, 0.6) is 5.75 Å². The van der Waals surface area contributed by atoms with E-state index in [1.54, 1.807) is 55.5 Å². The first-order valence-corrected chi connectivity index (χ1v) is 14.9. The van der Waals surface area contributed by atoms with Gasteiger partial charge in [-0.15, -0.1) is 0 Å². The van der Waals surface area contributed by atoms with Crippen molar-refractivity contribution in [3.8, 4) is 5.75 Å². The van der Waals surface area contributed by atoms with Gasteiger partial charge in [-0.2, -0.15) is 0 Å². The molecule has 2 atom stereocenters. The Hall–Kier alpha value is -3.27. The van der Waals surface area contributed by atoms with Crippen LogP contribution in [-0.4, -0.2) is 50.9 Å². The predicted molar refractivity (Wildman–Crippen MR) is 158 cm³/mol. The van der Waals surface area contributed by atoms with Crippen molar-refractivity contribution in [2.24, 2.45) is 0 Å². The molecule has 0 aliphatic rings. The summed E-state index contributed by atoms with van der Waals surface area (Å²) in [5.74, 6) is -0.735. The fourth-order valence-corrected chi connectivity index (χ4v) is 5.66. The summed E-state index contributed by atoms with van der Waals surface area (Å²) in [4.78, 5) is 28.5. The van der Waals surface area contributed by atoms with Crippen LogP contribution in [0.4, 0.5) is 5.69 Å². The van der Waals surface area contributed by atoms with Gasteiger partial charge in [0.05, 0.1) is 17.7 Å². The van der Waals surface area contributed by atoms with E-state index < -0.39 is 28.5 Å². The zero-order valence-corrected chi connectivity index (χ0v) is 25.1. The smallest absolute Gasteiger partial charge is 0.264 e. The number of halogens is 2. The van der Waals surface area contributed by atoms with Crippen LogP contribution in [-0.2, 0) is 26.2 Å². The van der Waals surface area contributed by atoms with Gasteiger partial charge in [0.1, 0.15) is 18.3 Å². The Balaban J connectivity index is 2.08. The van der Waals surface area contributed by atoms with Crippen LogP contribution in [0.25, 0.3) is 0 Å². The third-order valence-electron chi connectivity index (χ3n) is 6.45. The van der Waals surface area contributed by atoms with E-state index in [-0.39, 0.29) is 39.8 Å². The number of sulfonamides is 1. The lowest BCUT2D eigenvalue weighted by Crippen LogP contribution is -2.52. The molecule has 3 rings (SSSR count). The Morgan fingerprint density at radius 1 is 0.950 bits per heavy atom. The van der Waals surface area contributed by atoms with Crippen LogP contribution in [0.3, 0.4) is 0 Å². The minimum atomic E-state index is -4.25. The molecule has 0 saturated carbocycles. The van der Waals surface area contributed by atoms with E-state index in [0.29, 0.717) is 11.4 Å². The highest BCUT2D eigenvalue weighted by Crippen LogP contribution is 2.35. The van der Waals surface area contributed by atoms with Crippen molar-refractivity contribution < 1.29 is 22.7 Å². The molecule has 8 nitrogen and oxygen atoms in total. The maximum atomic E-state index is 14.0. The van der Waals surface area contributed by atoms with Crippen molar-refractivity contribution in [3.63, 3.8) is 0 Å². The van der Waals surface area contributed by atoms with Crippen molar-refractivity contribution in [2.45, 2.75) is 50.7 Å². The van der Waals surface area contributed by atoms with Crippen LogP contribution >= 0.6 is 23.2 Å². The average Bonchev–Trinajstić information content (AvgIpc) is 2.95. The van der Waals surface area contributed by atoms with Gasteiger partial charge in [0.2, 0.25) is 11.8 Å². The monoisotopic (exact) mass is 605 g/mol. The average molecular weight is 607 g/mol. The molecule has 40 heavy (non-hydrogen) atoms. The molecule has 0 saturated heterocycles. The van der Waals surface area contributed by atoms with E-state index in [1.807, 2.05) is 13.8 Å². The van der Waals surface area contributed by atoms with Crippen LogP contribution in [0.1, 0.15) is 32.8 Å². The number of methoxy groups -OCH3 is 1. The van der Waals surface area contributed by atoms with Gasteiger partial charge in [-0.3, -0.25) is 13.9 Å². The molecule has 0 radical (unpaired) electrons. The topological polar surface area (TPSA) is 96.0 Å². The first kappa shape index (κ1) is 31.3. The zero-order valence-electron chi connectivity index (χ0n) is 22.8. The second kappa shape index (κ2) is 13.9. The van der Waals surface area contributed by atoms with E-state index in [2.05, 4.69) is 5.32 Å². The van der Waals surface area contributed by atoms with Gasteiger partial charge in [0.15, 0.2) is 0 Å². The van der Waals surface area contributed by atoms with Crippen molar-refractivity contribution >= 4 is 50.7 Å². The number of carbonyl (C=O) groups is 2. The predicted octanol–water partition coefficient (Wildman–Crippen LogP) is 5.53. The van der Waals surface area contributed by atoms with Gasteiger partial charge in [0, 0.05) is 22.6 Å². The van der Waals surface area contributed by atoms with Crippen LogP contribution in [0, 0.1) is 0 Å². The summed E-state index contributed by atoms with van der Waals surface area (Å²) in [7, 11) is -2.85. The van der Waals surface area contributed by atoms with Crippen LogP contribution in [0.2, 0.25) is 10.0 Å². The first-order chi connectivity index (χ1) is 19.0. The lowest BCUT2D eigenvalue weighted by atomic mass is 10.1. The van der Waals surface area contributed by atoms with Gasteiger partial charge in [-0.25, -0.2) is 8.42 Å². The van der Waals surface area contributed by atoms with Gasteiger partial charge >= 0.3 is 0 Å². The maximum Gasteiger partial charge on any atom is 0.264 e. The molecule has 214 valence electrons. The minimum Gasteiger partial charge on any atom is -0.495 e. The standard InChI is InChI=1S/C29H33Cl2N3O5S/c1-5-20(2)32-29(36)21(3)33(18-22-11-13-23(30)14-12-22)28(35)19-34(26-17-24(31)15-16-27(26)39-4)40(37,38)25-9-7-6-8-10-25/h6-17,20-21H,5,18-19H2,1-4H3,(H,32,36)/t20-,21+/m1/s1. The van der Waals surface area contributed by atoms with E-state index in [1.165, 1.54) is 36.3 Å². The Morgan fingerprint density at radius 2 is 1.57 bits per heavy atom. The number of carbonyl (C=O) groups excluding carboxylic acids is 2. The molecule has 3 aromatic carbocycles. The highest BCUT2D eigenvalue weighted by atomic mass is 35.5. The first-order valence-electron chi connectivity index (χ1n) is 12.7. The van der Waals surface area contributed by atoms with Gasteiger partial charge in [0.25, 0.3) is 10.0 Å². The number of hydrogen-bond donors (Lipinski definition) is 1. The van der Waals surface area contributed by atoms with Crippen molar-refractivity contribution in [2.75, 3.05) is 18.0 Å². The Labute approximate surface area is 245 Å². The van der Waals surface area contributed by atoms with Crippen LogP contribution in [0.15, 0.2) is 77.7 Å². The van der Waals surface area contributed by atoms with E-state index >= 15 is 0 Å². The summed E-state index contributed by atoms with van der Waals surface area (Å²) in [6.07, 6.45) is 0.710. The Kier molecular flexibility index (Phi) is 10.8. The highest BCUT2D eigenvalue weighted by molar-refractivity contribution is 7.92. The third kappa shape index (κ3) is 7.68. The number of benzene rings is 3. The second-order valence-corrected chi connectivity index (χ2v) is 12.0. The summed E-state index contributed by atoms with van der Waals surface area (Å²) in [6, 6.07) is 18.2. The van der Waals surface area contributed by atoms with E-state index in [0.717, 1.165) is 9.87 Å². The molecule has 11 heteroatoms. The lowest BCUT2D eigenvalue weighted by Gasteiger charge is -2.32. The van der Waals surface area contributed by atoms with Crippen molar-refractivity contribution in [3.05, 3.63) is 88.4 Å². The molecule has 0 fully saturated rings. The highest BCUT2D eigenvalue weighted by Gasteiger charge is 2.34. The second-order valence-electron chi connectivity index (χ2n) is 9.28. The Bertz CT molecular complexity index is 1420. The van der Waals surface area contributed by atoms with E-state index in [4.69, 9.17) is 27.9 Å². The van der Waals surface area contributed by atoms with E-state index in [9.17, 15) is 18.0 Å². The van der Waals surface area contributed by atoms with Gasteiger partial charge < -0.3 is 15.0 Å². The Morgan fingerprint density at radius 3 is 2.17 bits per heavy atom. The molecule has 0 bridgehead atoms. The molecule has 0 spiro atoms. The molecular weight excluding hydrogens is 573 g/mol. The summed E-state index contributed by atoms with van der Waals surface area (Å²) < 4.78 is 34.2. The molecule has 0 heterocycles. The number of amides is 2. The molecule has 0 unspecified atom stereocenters. The number of nitrogens with one attached hydrogen (secondary N) is 1. The SMILES string of the molecule is CC[C@@H](C)NC(=O)[C@H](C)N(Cc1ccc(Cl)cc1)C(=O)CN(c1cc(Cl)ccc1OC)S(=O)(=O)c1ccccc1. The lowest BCUT2D eigenvalue weighted by molar-refractivity contribution is -0.139. The summed E-state index contributed by atoms with van der Waals surface area (Å²) >= 11 is 12.3. The molecule has 1 N–H and O–H groups in total. The minimum absolute atomic E-state index is 0.0170.